The van der Waals surface area contributed by atoms with Crippen LogP contribution >= 0.6 is 0 Å². The average Bonchev–Trinajstić information content (AvgIpc) is 3.09. The second kappa shape index (κ2) is 40.9. The van der Waals surface area contributed by atoms with Gasteiger partial charge in [0.1, 0.15) is 0 Å². The highest BCUT2D eigenvalue weighted by atomic mass is 32.3. The summed E-state index contributed by atoms with van der Waals surface area (Å²) >= 11 is 0. The number of hydrogen-bond acceptors (Lipinski definition) is 6. The van der Waals surface area contributed by atoms with Crippen molar-refractivity contribution in [2.45, 2.75) is 207 Å². The van der Waals surface area contributed by atoms with Gasteiger partial charge in [-0.3, -0.25) is 18.0 Å². The van der Waals surface area contributed by atoms with Crippen LogP contribution in [0.1, 0.15) is 207 Å². The zero-order valence-corrected chi connectivity index (χ0v) is 38.6. The second-order valence-corrected chi connectivity index (χ2v) is 18.0. The van der Waals surface area contributed by atoms with Gasteiger partial charge in [0, 0.05) is 49.2 Å². The van der Waals surface area contributed by atoms with Crippen molar-refractivity contribution in [2.75, 3.05) is 67.5 Å². The van der Waals surface area contributed by atoms with Gasteiger partial charge in [-0.25, -0.2) is 0 Å². The molecule has 0 aliphatic rings. The monoisotopic (exact) mass is 807 g/mol. The lowest BCUT2D eigenvalue weighted by molar-refractivity contribution is -0.890. The summed E-state index contributed by atoms with van der Waals surface area (Å²) in [5, 5.41) is 6.17. The molecule has 0 fully saturated rings. The van der Waals surface area contributed by atoms with Crippen LogP contribution in [0.2, 0.25) is 0 Å². The maximum Gasteiger partial charge on any atom is 0.219 e. The molecule has 0 bridgehead atoms. The number of nitrogens with one attached hydrogen (secondary N) is 2. The van der Waals surface area contributed by atoms with Crippen LogP contribution in [0.4, 0.5) is 0 Å². The van der Waals surface area contributed by atoms with Gasteiger partial charge in [0.15, 0.2) is 0 Å². The Labute approximate surface area is 342 Å². The van der Waals surface area contributed by atoms with Crippen LogP contribution in [0.5, 0.6) is 0 Å². The number of nitrogens with zero attached hydrogens (tertiary/aromatic N) is 2. The average molecular weight is 807 g/mol. The molecule has 0 radical (unpaired) electrons. The first kappa shape index (κ1) is 58.1. The van der Waals surface area contributed by atoms with Gasteiger partial charge >= 0.3 is 0 Å². The standard InChI is InChI=1S/2C22H46N2O.H2O4S/c2*1-5-7-8-9-10-11-12-13-14-15-16-18-22(25)23-19-17-21-24(3,4)20-6-2;1-5(2,3)4/h2*5-21H2,1-4H3;(H2,1,2,3,4). The van der Waals surface area contributed by atoms with Crippen LogP contribution in [0.15, 0.2) is 0 Å². The van der Waals surface area contributed by atoms with Crippen molar-refractivity contribution in [1.29, 1.82) is 0 Å². The molecule has 2 amide bonds. The van der Waals surface area contributed by atoms with Gasteiger partial charge in [0.2, 0.25) is 11.8 Å². The number of rotatable bonds is 36. The zero-order valence-electron chi connectivity index (χ0n) is 37.8. The fourth-order valence-electron chi connectivity index (χ4n) is 6.98. The molecule has 0 aliphatic carbocycles. The van der Waals surface area contributed by atoms with E-state index in [1.54, 1.807) is 0 Å². The molecule has 0 aromatic rings. The van der Waals surface area contributed by atoms with Gasteiger partial charge in [-0.05, 0) is 25.7 Å². The van der Waals surface area contributed by atoms with Gasteiger partial charge in [-0.2, -0.15) is 0 Å². The predicted molar refractivity (Wildman–Crippen MR) is 232 cm³/mol. The topological polar surface area (TPSA) is 138 Å². The molecule has 10 nitrogen and oxygen atoms in total. The number of amides is 2. The van der Waals surface area contributed by atoms with Crippen LogP contribution in [-0.4, -0.2) is 106 Å². The predicted octanol–water partition coefficient (Wildman–Crippen LogP) is 10.0. The molecular formula is C44H94N4O6S. The molecule has 0 heterocycles. The summed E-state index contributed by atoms with van der Waals surface area (Å²) in [4.78, 5) is 23.7. The second-order valence-electron chi connectivity index (χ2n) is 17.2. The van der Waals surface area contributed by atoms with E-state index in [0.717, 1.165) is 60.8 Å². The molecule has 0 aromatic carbocycles. The van der Waals surface area contributed by atoms with E-state index in [-0.39, 0.29) is 11.8 Å². The normalized spacial score (nSPS) is 11.7. The lowest BCUT2D eigenvalue weighted by atomic mass is 10.1. The van der Waals surface area contributed by atoms with Gasteiger partial charge in [-0.1, -0.05) is 156 Å². The highest BCUT2D eigenvalue weighted by Gasteiger charge is 2.13. The number of carbonyl (C=O) groups excluding carboxylic acids is 2. The molecule has 0 unspecified atom stereocenters. The molecule has 2 N–H and O–H groups in total. The van der Waals surface area contributed by atoms with Gasteiger partial charge < -0.3 is 28.7 Å². The number of quaternary nitrogens is 2. The van der Waals surface area contributed by atoms with E-state index in [4.69, 9.17) is 17.5 Å². The lowest BCUT2D eigenvalue weighted by Crippen LogP contribution is -2.42. The van der Waals surface area contributed by atoms with Gasteiger partial charge in [0.05, 0.1) is 54.4 Å². The molecule has 55 heavy (non-hydrogen) atoms. The molecule has 332 valence electrons. The molecule has 0 aliphatic heterocycles. The smallest absolute Gasteiger partial charge is 0.219 e. The molecule has 0 aromatic heterocycles. The Morgan fingerprint density at radius 3 is 0.873 bits per heavy atom. The van der Waals surface area contributed by atoms with Gasteiger partial charge in [-0.15, -0.1) is 0 Å². The Hall–Kier alpha value is -1.27. The maximum absolute atomic E-state index is 11.8. The first-order valence-corrected chi connectivity index (χ1v) is 24.2. The Kier molecular flexibility index (Phi) is 43.2. The van der Waals surface area contributed by atoms with Crippen molar-refractivity contribution in [3.8, 4) is 0 Å². The molecule has 0 saturated carbocycles. The van der Waals surface area contributed by atoms with Crippen molar-refractivity contribution in [1.82, 2.24) is 10.6 Å². The van der Waals surface area contributed by atoms with E-state index in [9.17, 15) is 9.59 Å². The summed E-state index contributed by atoms with van der Waals surface area (Å²) in [5.74, 6) is 0.494. The highest BCUT2D eigenvalue weighted by Crippen LogP contribution is 2.13. The van der Waals surface area contributed by atoms with Crippen LogP contribution in [-0.2, 0) is 20.0 Å². The van der Waals surface area contributed by atoms with E-state index < -0.39 is 10.4 Å². The van der Waals surface area contributed by atoms with E-state index in [1.165, 1.54) is 154 Å². The number of unbranched alkanes of at least 4 members (excludes halogenated alkanes) is 20. The third kappa shape index (κ3) is 57.1. The third-order valence-corrected chi connectivity index (χ3v) is 10.2. The van der Waals surface area contributed by atoms with Crippen molar-refractivity contribution in [3.05, 3.63) is 0 Å². The molecule has 0 spiro atoms. The number of hydrogen-bond donors (Lipinski definition) is 2. The van der Waals surface area contributed by atoms with Crippen LogP contribution in [0, 0.1) is 0 Å². The first-order chi connectivity index (χ1) is 26.0. The van der Waals surface area contributed by atoms with Crippen LogP contribution in [0.3, 0.4) is 0 Å². The quantitative estimate of drug-likeness (QED) is 0.0280. The van der Waals surface area contributed by atoms with E-state index in [1.807, 2.05) is 0 Å². The molecule has 0 saturated heterocycles. The molecule has 0 atom stereocenters. The minimum absolute atomic E-state index is 0.247. The van der Waals surface area contributed by atoms with Crippen molar-refractivity contribution >= 4 is 22.2 Å². The third-order valence-electron chi connectivity index (χ3n) is 10.2. The van der Waals surface area contributed by atoms with Crippen molar-refractivity contribution < 1.29 is 36.1 Å². The largest absolute Gasteiger partial charge is 0.759 e. The van der Waals surface area contributed by atoms with Gasteiger partial charge in [0.25, 0.3) is 0 Å². The van der Waals surface area contributed by atoms with Crippen molar-refractivity contribution in [3.63, 3.8) is 0 Å². The molecule has 11 heteroatoms. The SMILES string of the molecule is CCCCCCCCCCCCCC(=O)NCCC[N+](C)(C)CCC.CCCCCCCCCCCCCC(=O)NCCC[N+](C)(C)CCC.O=S(=O)([O-])[O-]. The Bertz CT molecular complexity index is 879. The highest BCUT2D eigenvalue weighted by molar-refractivity contribution is 7.79. The van der Waals surface area contributed by atoms with E-state index in [2.05, 4.69) is 66.5 Å². The Morgan fingerprint density at radius 2 is 0.636 bits per heavy atom. The Morgan fingerprint density at radius 1 is 0.400 bits per heavy atom. The van der Waals surface area contributed by atoms with E-state index >= 15 is 0 Å². The lowest BCUT2D eigenvalue weighted by Gasteiger charge is -2.29. The first-order valence-electron chi connectivity index (χ1n) is 22.9. The minimum atomic E-state index is -5.17. The molecule has 0 rings (SSSR count). The fraction of sp³-hybridized carbons (Fsp3) is 0.955. The van der Waals surface area contributed by atoms with E-state index in [0.29, 0.717) is 12.8 Å². The van der Waals surface area contributed by atoms with Crippen LogP contribution in [0.25, 0.3) is 0 Å². The summed E-state index contributed by atoms with van der Waals surface area (Å²) in [6.45, 7) is 15.4. The van der Waals surface area contributed by atoms with Crippen molar-refractivity contribution in [2.24, 2.45) is 0 Å². The zero-order chi connectivity index (χ0) is 42.1. The summed E-state index contributed by atoms with van der Waals surface area (Å²) in [5.41, 5.74) is 0. The van der Waals surface area contributed by atoms with Crippen LogP contribution < -0.4 is 10.6 Å². The fourth-order valence-corrected chi connectivity index (χ4v) is 6.98. The summed E-state index contributed by atoms with van der Waals surface area (Å²) < 4.78 is 36.2. The Balaban J connectivity index is -0.000000874. The maximum atomic E-state index is 11.8. The summed E-state index contributed by atoms with van der Waals surface area (Å²) in [7, 11) is 3.93. The molecular weight excluding hydrogens is 713 g/mol. The number of carbonyl (C=O) groups is 2. The summed E-state index contributed by atoms with van der Waals surface area (Å²) in [6, 6.07) is 0. The minimum Gasteiger partial charge on any atom is -0.759 e. The summed E-state index contributed by atoms with van der Waals surface area (Å²) in [6.07, 6.45) is 35.4.